The average molecular weight is 340 g/mol. The zero-order valence-electron chi connectivity index (χ0n) is 12.4. The van der Waals surface area contributed by atoms with Gasteiger partial charge in [-0.2, -0.15) is 0 Å². The summed E-state index contributed by atoms with van der Waals surface area (Å²) in [6.45, 7) is 2.73. The van der Waals surface area contributed by atoms with Crippen LogP contribution in [0, 0.1) is 18.6 Å². The van der Waals surface area contributed by atoms with Crippen molar-refractivity contribution in [2.45, 2.75) is 18.7 Å². The lowest BCUT2D eigenvalue weighted by molar-refractivity contribution is -0.114. The van der Waals surface area contributed by atoms with Gasteiger partial charge in [-0.15, -0.1) is 0 Å². The fourth-order valence-electron chi connectivity index (χ4n) is 1.90. The van der Waals surface area contributed by atoms with Gasteiger partial charge in [0.15, 0.2) is 0 Å². The third kappa shape index (κ3) is 4.04. The minimum atomic E-state index is -4.01. The summed E-state index contributed by atoms with van der Waals surface area (Å²) >= 11 is 0. The Morgan fingerprint density at radius 2 is 1.74 bits per heavy atom. The molecule has 0 aliphatic heterocycles. The summed E-state index contributed by atoms with van der Waals surface area (Å²) in [6, 6.07) is 6.63. The second kappa shape index (κ2) is 6.33. The van der Waals surface area contributed by atoms with Crippen molar-refractivity contribution >= 4 is 27.3 Å². The van der Waals surface area contributed by atoms with Gasteiger partial charge in [-0.25, -0.2) is 17.2 Å². The lowest BCUT2D eigenvalue weighted by Crippen LogP contribution is -2.15. The maximum Gasteiger partial charge on any atom is 0.261 e. The van der Waals surface area contributed by atoms with Gasteiger partial charge in [0, 0.05) is 6.92 Å². The molecule has 0 aliphatic carbocycles. The van der Waals surface area contributed by atoms with Crippen molar-refractivity contribution in [2.75, 3.05) is 10.0 Å². The Balaban J connectivity index is 2.37. The molecule has 0 saturated carbocycles. The maximum atomic E-state index is 13.6. The van der Waals surface area contributed by atoms with E-state index in [9.17, 15) is 22.0 Å². The summed E-state index contributed by atoms with van der Waals surface area (Å²) < 4.78 is 53.6. The van der Waals surface area contributed by atoms with Crippen LogP contribution in [0.25, 0.3) is 0 Å². The van der Waals surface area contributed by atoms with Gasteiger partial charge >= 0.3 is 0 Å². The number of carbonyl (C=O) groups excluding carboxylic acids is 1. The van der Waals surface area contributed by atoms with E-state index in [1.54, 1.807) is 6.92 Å². The quantitative estimate of drug-likeness (QED) is 0.898. The standard InChI is InChI=1S/C15H14F2N2O3S/c1-9-7-11(16)3-6-14(9)19-23(21,22)12-4-5-13(17)15(8-12)18-10(2)20/h3-8,19H,1-2H3,(H,18,20). The predicted molar refractivity (Wildman–Crippen MR) is 82.6 cm³/mol. The zero-order valence-corrected chi connectivity index (χ0v) is 13.2. The summed E-state index contributed by atoms with van der Waals surface area (Å²) in [5.74, 6) is -1.77. The molecule has 2 N–H and O–H groups in total. The first-order valence-corrected chi connectivity index (χ1v) is 8.03. The van der Waals surface area contributed by atoms with Crippen LogP contribution in [0.4, 0.5) is 20.2 Å². The van der Waals surface area contributed by atoms with E-state index in [1.807, 2.05) is 0 Å². The van der Waals surface area contributed by atoms with E-state index >= 15 is 0 Å². The van der Waals surface area contributed by atoms with E-state index in [-0.39, 0.29) is 16.3 Å². The van der Waals surface area contributed by atoms with Crippen LogP contribution in [0.5, 0.6) is 0 Å². The summed E-state index contributed by atoms with van der Waals surface area (Å²) in [5.41, 5.74) is 0.366. The normalized spacial score (nSPS) is 11.1. The molecule has 0 radical (unpaired) electrons. The molecule has 23 heavy (non-hydrogen) atoms. The molecule has 0 aromatic heterocycles. The van der Waals surface area contributed by atoms with E-state index in [4.69, 9.17) is 0 Å². The first kappa shape index (κ1) is 16.9. The van der Waals surface area contributed by atoms with E-state index in [0.29, 0.717) is 5.56 Å². The Morgan fingerprint density at radius 1 is 1.04 bits per heavy atom. The lowest BCUT2D eigenvalue weighted by Gasteiger charge is -2.12. The predicted octanol–water partition coefficient (Wildman–Crippen LogP) is 3.03. The first-order valence-electron chi connectivity index (χ1n) is 6.55. The summed E-state index contributed by atoms with van der Waals surface area (Å²) in [5, 5.41) is 2.21. The lowest BCUT2D eigenvalue weighted by atomic mass is 10.2. The molecule has 2 aromatic rings. The molecule has 0 saturated heterocycles. The summed E-state index contributed by atoms with van der Waals surface area (Å²) in [4.78, 5) is 10.8. The van der Waals surface area contributed by atoms with Gasteiger partial charge < -0.3 is 5.32 Å². The smallest absolute Gasteiger partial charge is 0.261 e. The van der Waals surface area contributed by atoms with Crippen LogP contribution in [0.1, 0.15) is 12.5 Å². The van der Waals surface area contributed by atoms with Crippen LogP contribution in [0.2, 0.25) is 0 Å². The van der Waals surface area contributed by atoms with Gasteiger partial charge in [-0.1, -0.05) is 0 Å². The van der Waals surface area contributed by atoms with Crippen LogP contribution in [0.3, 0.4) is 0 Å². The number of rotatable bonds is 4. The van der Waals surface area contributed by atoms with Crippen molar-refractivity contribution in [3.63, 3.8) is 0 Å². The SMILES string of the molecule is CC(=O)Nc1cc(S(=O)(=O)Nc2ccc(F)cc2C)ccc1F. The number of benzene rings is 2. The van der Waals surface area contributed by atoms with Crippen LogP contribution < -0.4 is 10.0 Å². The maximum absolute atomic E-state index is 13.6. The molecule has 2 rings (SSSR count). The fourth-order valence-corrected chi connectivity index (χ4v) is 3.06. The Hall–Kier alpha value is -2.48. The number of nitrogens with one attached hydrogen (secondary N) is 2. The van der Waals surface area contributed by atoms with Gasteiger partial charge in [0.1, 0.15) is 11.6 Å². The Labute approximate surface area is 132 Å². The van der Waals surface area contributed by atoms with Crippen LogP contribution >= 0.6 is 0 Å². The average Bonchev–Trinajstić information content (AvgIpc) is 2.43. The Kier molecular flexibility index (Phi) is 4.65. The number of amides is 1. The number of hydrogen-bond acceptors (Lipinski definition) is 3. The second-order valence-corrected chi connectivity index (χ2v) is 6.57. The van der Waals surface area contributed by atoms with Crippen molar-refractivity contribution in [1.82, 2.24) is 0 Å². The molecule has 0 aliphatic rings. The number of carbonyl (C=O) groups is 1. The van der Waals surface area contributed by atoms with E-state index in [1.165, 1.54) is 19.1 Å². The highest BCUT2D eigenvalue weighted by Crippen LogP contribution is 2.24. The Morgan fingerprint density at radius 3 is 2.35 bits per heavy atom. The molecule has 0 spiro atoms. The van der Waals surface area contributed by atoms with Crippen LogP contribution in [-0.4, -0.2) is 14.3 Å². The molecular weight excluding hydrogens is 326 g/mol. The highest BCUT2D eigenvalue weighted by atomic mass is 32.2. The topological polar surface area (TPSA) is 75.3 Å². The highest BCUT2D eigenvalue weighted by molar-refractivity contribution is 7.92. The van der Waals surface area contributed by atoms with Gasteiger partial charge in [-0.05, 0) is 48.9 Å². The first-order chi connectivity index (χ1) is 10.7. The van der Waals surface area contributed by atoms with Crippen molar-refractivity contribution in [3.05, 3.63) is 53.6 Å². The zero-order chi connectivity index (χ0) is 17.2. The van der Waals surface area contributed by atoms with E-state index in [0.717, 1.165) is 24.3 Å². The van der Waals surface area contributed by atoms with Crippen molar-refractivity contribution < 1.29 is 22.0 Å². The molecule has 0 unspecified atom stereocenters. The number of sulfonamides is 1. The summed E-state index contributed by atoms with van der Waals surface area (Å²) in [7, 11) is -4.01. The van der Waals surface area contributed by atoms with Gasteiger partial charge in [0.05, 0.1) is 16.3 Å². The molecule has 1 amide bonds. The molecule has 0 fully saturated rings. The highest BCUT2D eigenvalue weighted by Gasteiger charge is 2.18. The van der Waals surface area contributed by atoms with Crippen LogP contribution in [0.15, 0.2) is 41.3 Å². The molecule has 0 bridgehead atoms. The van der Waals surface area contributed by atoms with Crippen molar-refractivity contribution in [1.29, 1.82) is 0 Å². The molecule has 2 aromatic carbocycles. The van der Waals surface area contributed by atoms with E-state index in [2.05, 4.69) is 10.0 Å². The minimum Gasteiger partial charge on any atom is -0.324 e. The fraction of sp³-hybridized carbons (Fsp3) is 0.133. The molecule has 0 atom stereocenters. The Bertz CT molecular complexity index is 867. The second-order valence-electron chi connectivity index (χ2n) is 4.89. The van der Waals surface area contributed by atoms with Gasteiger partial charge in [0.25, 0.3) is 10.0 Å². The van der Waals surface area contributed by atoms with Crippen molar-refractivity contribution in [3.8, 4) is 0 Å². The number of halogens is 2. The minimum absolute atomic E-state index is 0.205. The van der Waals surface area contributed by atoms with Gasteiger partial charge in [0.2, 0.25) is 5.91 Å². The number of hydrogen-bond donors (Lipinski definition) is 2. The van der Waals surface area contributed by atoms with Gasteiger partial charge in [-0.3, -0.25) is 9.52 Å². The van der Waals surface area contributed by atoms with Crippen molar-refractivity contribution in [2.24, 2.45) is 0 Å². The van der Waals surface area contributed by atoms with E-state index < -0.39 is 27.6 Å². The molecule has 0 heterocycles. The molecule has 8 heteroatoms. The third-order valence-electron chi connectivity index (χ3n) is 2.99. The number of anilines is 2. The largest absolute Gasteiger partial charge is 0.324 e. The van der Waals surface area contributed by atoms with Crippen LogP contribution in [-0.2, 0) is 14.8 Å². The molecule has 122 valence electrons. The monoisotopic (exact) mass is 340 g/mol. The third-order valence-corrected chi connectivity index (χ3v) is 4.35. The summed E-state index contributed by atoms with van der Waals surface area (Å²) in [6.07, 6.45) is 0. The molecule has 5 nitrogen and oxygen atoms in total. The number of aryl methyl sites for hydroxylation is 1. The molecular formula is C15H14F2N2O3S.